The van der Waals surface area contributed by atoms with Gasteiger partial charge in [0.1, 0.15) is 5.75 Å². The molecule has 1 aliphatic rings. The number of nitrogens with one attached hydrogen (secondary N) is 1. The van der Waals surface area contributed by atoms with Gasteiger partial charge >= 0.3 is 0 Å². The Bertz CT molecular complexity index is 567. The summed E-state index contributed by atoms with van der Waals surface area (Å²) < 4.78 is 5.77. The van der Waals surface area contributed by atoms with Crippen LogP contribution in [-0.4, -0.2) is 25.4 Å². The van der Waals surface area contributed by atoms with Crippen molar-refractivity contribution in [2.75, 3.05) is 20.3 Å². The molecule has 0 aliphatic carbocycles. The molecule has 2 aromatic rings. The summed E-state index contributed by atoms with van der Waals surface area (Å²) in [6.07, 6.45) is 0. The van der Waals surface area contributed by atoms with Gasteiger partial charge in [-0.1, -0.05) is 30.3 Å². The molecule has 94 valence electrons. The molecule has 3 rings (SSSR count). The van der Waals surface area contributed by atoms with Crippen molar-refractivity contribution in [3.8, 4) is 5.75 Å². The summed E-state index contributed by atoms with van der Waals surface area (Å²) in [4.78, 5) is 0. The van der Waals surface area contributed by atoms with E-state index in [0.29, 0.717) is 6.61 Å². The third-order valence-electron chi connectivity index (χ3n) is 3.71. The highest BCUT2D eigenvalue weighted by Gasteiger charge is 2.30. The van der Waals surface area contributed by atoms with E-state index in [1.54, 1.807) is 0 Å². The second-order valence-corrected chi connectivity index (χ2v) is 4.72. The molecule has 0 saturated heterocycles. The Morgan fingerprint density at radius 1 is 1.28 bits per heavy atom. The van der Waals surface area contributed by atoms with Crippen LogP contribution in [0, 0.1) is 5.92 Å². The van der Waals surface area contributed by atoms with E-state index >= 15 is 0 Å². The highest BCUT2D eigenvalue weighted by atomic mass is 16.5. The maximum Gasteiger partial charge on any atom is 0.124 e. The Balaban J connectivity index is 2.23. The van der Waals surface area contributed by atoms with Crippen LogP contribution in [-0.2, 0) is 0 Å². The molecule has 0 radical (unpaired) electrons. The lowest BCUT2D eigenvalue weighted by Gasteiger charge is -2.33. The molecule has 0 bridgehead atoms. The van der Waals surface area contributed by atoms with Gasteiger partial charge in [-0.05, 0) is 23.9 Å². The zero-order valence-corrected chi connectivity index (χ0v) is 10.4. The first-order valence-electron chi connectivity index (χ1n) is 6.27. The molecule has 1 heterocycles. The number of fused-ring (bicyclic) bond motifs is 3. The minimum atomic E-state index is 0.105. The maximum absolute atomic E-state index is 9.47. The molecular weight excluding hydrogens is 226 g/mol. The summed E-state index contributed by atoms with van der Waals surface area (Å²) in [5.74, 6) is 1.03. The number of rotatable bonds is 2. The van der Waals surface area contributed by atoms with Crippen molar-refractivity contribution in [3.63, 3.8) is 0 Å². The molecular formula is C15H17NO2. The molecule has 0 spiro atoms. The fraction of sp³-hybridized carbons (Fsp3) is 0.333. The minimum Gasteiger partial charge on any atom is -0.493 e. The van der Waals surface area contributed by atoms with Crippen LogP contribution in [0.25, 0.3) is 10.8 Å². The van der Waals surface area contributed by atoms with Crippen molar-refractivity contribution < 1.29 is 9.84 Å². The fourth-order valence-electron chi connectivity index (χ4n) is 2.79. The van der Waals surface area contributed by atoms with E-state index in [1.165, 1.54) is 16.3 Å². The summed E-state index contributed by atoms with van der Waals surface area (Å²) in [6.45, 7) is 0.696. The number of aliphatic hydroxyl groups is 1. The van der Waals surface area contributed by atoms with Crippen molar-refractivity contribution in [1.82, 2.24) is 5.32 Å². The molecule has 3 nitrogen and oxygen atoms in total. The van der Waals surface area contributed by atoms with E-state index in [2.05, 4.69) is 23.5 Å². The molecule has 0 unspecified atom stereocenters. The SMILES string of the molecule is CN[C@@H]1c2c(ccc3ccccc23)OC[C@@H]1CO. The van der Waals surface area contributed by atoms with E-state index in [0.717, 1.165) is 5.75 Å². The van der Waals surface area contributed by atoms with Crippen LogP contribution in [0.5, 0.6) is 5.75 Å². The highest BCUT2D eigenvalue weighted by Crippen LogP contribution is 2.39. The first-order valence-corrected chi connectivity index (χ1v) is 6.27. The summed E-state index contributed by atoms with van der Waals surface area (Å²) >= 11 is 0. The topological polar surface area (TPSA) is 41.5 Å². The van der Waals surface area contributed by atoms with Gasteiger partial charge in [0.15, 0.2) is 0 Å². The van der Waals surface area contributed by atoms with Gasteiger partial charge in [-0.25, -0.2) is 0 Å². The van der Waals surface area contributed by atoms with Gasteiger partial charge in [0.05, 0.1) is 13.2 Å². The van der Waals surface area contributed by atoms with Gasteiger partial charge in [-0.3, -0.25) is 0 Å². The van der Waals surface area contributed by atoms with Crippen LogP contribution < -0.4 is 10.1 Å². The number of hydrogen-bond donors (Lipinski definition) is 2. The quantitative estimate of drug-likeness (QED) is 0.848. The normalized spacial score (nSPS) is 22.6. The summed E-state index contributed by atoms with van der Waals surface area (Å²) in [7, 11) is 1.93. The van der Waals surface area contributed by atoms with E-state index in [4.69, 9.17) is 4.74 Å². The molecule has 18 heavy (non-hydrogen) atoms. The van der Waals surface area contributed by atoms with Gasteiger partial charge in [-0.2, -0.15) is 0 Å². The van der Waals surface area contributed by atoms with Crippen LogP contribution in [0.4, 0.5) is 0 Å². The molecule has 0 amide bonds. The van der Waals surface area contributed by atoms with Gasteiger partial charge < -0.3 is 15.2 Å². The summed E-state index contributed by atoms with van der Waals surface area (Å²) in [5.41, 5.74) is 1.17. The number of ether oxygens (including phenoxy) is 1. The zero-order chi connectivity index (χ0) is 12.5. The van der Waals surface area contributed by atoms with Crippen molar-refractivity contribution >= 4 is 10.8 Å². The molecule has 1 aliphatic heterocycles. The second-order valence-electron chi connectivity index (χ2n) is 4.72. The predicted octanol–water partition coefficient (Wildman–Crippen LogP) is 2.10. The van der Waals surface area contributed by atoms with Crippen LogP contribution in [0.15, 0.2) is 36.4 Å². The molecule has 0 saturated carbocycles. The van der Waals surface area contributed by atoms with Crippen molar-refractivity contribution in [2.45, 2.75) is 6.04 Å². The first kappa shape index (κ1) is 11.5. The van der Waals surface area contributed by atoms with E-state index in [1.807, 2.05) is 25.2 Å². The van der Waals surface area contributed by atoms with Crippen LogP contribution in [0.1, 0.15) is 11.6 Å². The number of hydrogen-bond acceptors (Lipinski definition) is 3. The average molecular weight is 243 g/mol. The zero-order valence-electron chi connectivity index (χ0n) is 10.4. The molecule has 0 aromatic heterocycles. The molecule has 2 N–H and O–H groups in total. The smallest absolute Gasteiger partial charge is 0.124 e. The maximum atomic E-state index is 9.47. The minimum absolute atomic E-state index is 0.105. The lowest BCUT2D eigenvalue weighted by molar-refractivity contribution is 0.115. The van der Waals surface area contributed by atoms with Gasteiger partial charge in [0.2, 0.25) is 0 Å². The average Bonchev–Trinajstić information content (AvgIpc) is 2.45. The monoisotopic (exact) mass is 243 g/mol. The third kappa shape index (κ3) is 1.67. The lowest BCUT2D eigenvalue weighted by atomic mass is 9.88. The van der Waals surface area contributed by atoms with Gasteiger partial charge in [0, 0.05) is 17.5 Å². The van der Waals surface area contributed by atoms with Crippen molar-refractivity contribution in [2.24, 2.45) is 5.92 Å². The van der Waals surface area contributed by atoms with E-state index < -0.39 is 0 Å². The molecule has 0 fully saturated rings. The number of benzene rings is 2. The van der Waals surface area contributed by atoms with Crippen molar-refractivity contribution in [1.29, 1.82) is 0 Å². The van der Waals surface area contributed by atoms with Crippen LogP contribution in [0.3, 0.4) is 0 Å². The molecule has 3 heteroatoms. The second kappa shape index (κ2) is 4.59. The molecule has 2 atom stereocenters. The first-order chi connectivity index (χ1) is 8.85. The summed E-state index contributed by atoms with van der Waals surface area (Å²) in [5, 5.41) is 15.2. The highest BCUT2D eigenvalue weighted by molar-refractivity contribution is 5.88. The predicted molar refractivity (Wildman–Crippen MR) is 71.8 cm³/mol. The van der Waals surface area contributed by atoms with Gasteiger partial charge in [0.25, 0.3) is 0 Å². The Hall–Kier alpha value is -1.58. The lowest BCUT2D eigenvalue weighted by Crippen LogP contribution is -2.35. The van der Waals surface area contributed by atoms with E-state index in [-0.39, 0.29) is 18.6 Å². The Kier molecular flexibility index (Phi) is 2.94. The number of aliphatic hydroxyl groups excluding tert-OH is 1. The fourth-order valence-corrected chi connectivity index (χ4v) is 2.79. The van der Waals surface area contributed by atoms with Crippen LogP contribution in [0.2, 0.25) is 0 Å². The molecule has 2 aromatic carbocycles. The summed E-state index contributed by atoms with van der Waals surface area (Å²) in [6, 6.07) is 12.5. The Labute approximate surface area is 106 Å². The van der Waals surface area contributed by atoms with E-state index in [9.17, 15) is 5.11 Å². The van der Waals surface area contributed by atoms with Crippen molar-refractivity contribution in [3.05, 3.63) is 42.0 Å². The Morgan fingerprint density at radius 2 is 2.11 bits per heavy atom. The van der Waals surface area contributed by atoms with Gasteiger partial charge in [-0.15, -0.1) is 0 Å². The van der Waals surface area contributed by atoms with Crippen LogP contribution >= 0.6 is 0 Å². The third-order valence-corrected chi connectivity index (χ3v) is 3.71. The standard InChI is InChI=1S/C15H17NO2/c1-16-15-11(8-17)9-18-13-7-6-10-4-2-3-5-12(10)14(13)15/h2-7,11,15-17H,8-9H2,1H3/t11-,15-/m0/s1. The largest absolute Gasteiger partial charge is 0.493 e. The Morgan fingerprint density at radius 3 is 2.89 bits per heavy atom.